The first kappa shape index (κ1) is 13.1. The van der Waals surface area contributed by atoms with Gasteiger partial charge in [0.25, 0.3) is 5.91 Å². The van der Waals surface area contributed by atoms with E-state index >= 15 is 0 Å². The van der Waals surface area contributed by atoms with Gasteiger partial charge in [-0.2, -0.15) is 0 Å². The lowest BCUT2D eigenvalue weighted by atomic mass is 9.89. The first-order valence-corrected chi connectivity index (χ1v) is 7.11. The van der Waals surface area contributed by atoms with Crippen LogP contribution in [0.15, 0.2) is 24.4 Å². The molecular formula is C15H19N3O2. The van der Waals surface area contributed by atoms with Crippen molar-refractivity contribution in [2.45, 2.75) is 38.0 Å². The maximum atomic E-state index is 12.0. The second kappa shape index (κ2) is 5.63. The molecule has 2 aromatic rings. The Labute approximate surface area is 117 Å². The highest BCUT2D eigenvalue weighted by Crippen LogP contribution is 2.33. The second-order valence-electron chi connectivity index (χ2n) is 5.24. The molecule has 0 bridgehead atoms. The molecule has 0 radical (unpaired) electrons. The van der Waals surface area contributed by atoms with E-state index in [1.807, 2.05) is 28.8 Å². The first-order chi connectivity index (χ1) is 9.81. The van der Waals surface area contributed by atoms with Gasteiger partial charge in [0.05, 0.1) is 12.6 Å². The Morgan fingerprint density at radius 2 is 2.15 bits per heavy atom. The number of aromatic nitrogens is 2. The van der Waals surface area contributed by atoms with Crippen LogP contribution in [-0.2, 0) is 4.84 Å². The van der Waals surface area contributed by atoms with Crippen molar-refractivity contribution < 1.29 is 9.63 Å². The normalized spacial score (nSPS) is 16.4. The molecule has 3 rings (SSSR count). The molecule has 2 heterocycles. The fraction of sp³-hybridized carbons (Fsp3) is 0.467. The number of carbonyl (C=O) groups is 1. The summed E-state index contributed by atoms with van der Waals surface area (Å²) in [5, 5.41) is 0. The zero-order valence-electron chi connectivity index (χ0n) is 11.6. The molecule has 0 atom stereocenters. The number of hydrogen-bond donors (Lipinski definition) is 1. The summed E-state index contributed by atoms with van der Waals surface area (Å²) in [7, 11) is 1.43. The van der Waals surface area contributed by atoms with E-state index in [4.69, 9.17) is 4.84 Å². The highest BCUT2D eigenvalue weighted by atomic mass is 16.6. The van der Waals surface area contributed by atoms with E-state index in [1.165, 1.54) is 26.4 Å². The predicted octanol–water partition coefficient (Wildman–Crippen LogP) is 2.67. The van der Waals surface area contributed by atoms with Crippen LogP contribution in [0.2, 0.25) is 0 Å². The van der Waals surface area contributed by atoms with Crippen LogP contribution in [0.3, 0.4) is 0 Å². The zero-order valence-corrected chi connectivity index (χ0v) is 11.6. The summed E-state index contributed by atoms with van der Waals surface area (Å²) >= 11 is 0. The maximum Gasteiger partial charge on any atom is 0.295 e. The SMILES string of the molecule is CONC(=O)c1nc(C2CCCCC2)n2ccccc12. The van der Waals surface area contributed by atoms with E-state index in [1.54, 1.807) is 0 Å². The van der Waals surface area contributed by atoms with Crippen molar-refractivity contribution in [1.29, 1.82) is 0 Å². The minimum Gasteiger partial charge on any atom is -0.303 e. The maximum absolute atomic E-state index is 12.0. The first-order valence-electron chi connectivity index (χ1n) is 7.11. The Hall–Kier alpha value is -1.88. The highest BCUT2D eigenvalue weighted by molar-refractivity contribution is 5.98. The van der Waals surface area contributed by atoms with Gasteiger partial charge >= 0.3 is 0 Å². The van der Waals surface area contributed by atoms with Crippen LogP contribution < -0.4 is 5.48 Å². The van der Waals surface area contributed by atoms with Crippen molar-refractivity contribution in [2.75, 3.05) is 7.11 Å². The van der Waals surface area contributed by atoms with Gasteiger partial charge in [-0.1, -0.05) is 25.3 Å². The molecule has 1 N–H and O–H groups in total. The number of fused-ring (bicyclic) bond motifs is 1. The van der Waals surface area contributed by atoms with Gasteiger partial charge in [-0.25, -0.2) is 10.5 Å². The van der Waals surface area contributed by atoms with Gasteiger partial charge in [-0.3, -0.25) is 9.63 Å². The number of amides is 1. The fourth-order valence-corrected chi connectivity index (χ4v) is 3.02. The van der Waals surface area contributed by atoms with E-state index in [9.17, 15) is 4.79 Å². The van der Waals surface area contributed by atoms with Crippen LogP contribution in [0.5, 0.6) is 0 Å². The molecule has 0 aromatic carbocycles. The Balaban J connectivity index is 2.05. The number of carbonyl (C=O) groups excluding carboxylic acids is 1. The largest absolute Gasteiger partial charge is 0.303 e. The molecular weight excluding hydrogens is 254 g/mol. The molecule has 0 unspecified atom stereocenters. The quantitative estimate of drug-likeness (QED) is 0.875. The molecule has 2 aromatic heterocycles. The third-order valence-electron chi connectivity index (χ3n) is 3.96. The van der Waals surface area contributed by atoms with Crippen LogP contribution in [0.4, 0.5) is 0 Å². The molecule has 5 nitrogen and oxygen atoms in total. The summed E-state index contributed by atoms with van der Waals surface area (Å²) < 4.78 is 2.04. The summed E-state index contributed by atoms with van der Waals surface area (Å²) in [4.78, 5) is 21.4. The van der Waals surface area contributed by atoms with E-state index in [0.717, 1.165) is 24.2 Å². The second-order valence-corrected chi connectivity index (χ2v) is 5.24. The van der Waals surface area contributed by atoms with Crippen LogP contribution in [0.25, 0.3) is 5.52 Å². The summed E-state index contributed by atoms with van der Waals surface area (Å²) in [6.45, 7) is 0. The van der Waals surface area contributed by atoms with Gasteiger partial charge in [0, 0.05) is 12.1 Å². The van der Waals surface area contributed by atoms with Crippen LogP contribution >= 0.6 is 0 Å². The summed E-state index contributed by atoms with van der Waals surface area (Å²) in [6, 6.07) is 5.81. The average molecular weight is 273 g/mol. The lowest BCUT2D eigenvalue weighted by molar-refractivity contribution is 0.0534. The predicted molar refractivity (Wildman–Crippen MR) is 75.5 cm³/mol. The number of pyridine rings is 1. The van der Waals surface area contributed by atoms with E-state index in [-0.39, 0.29) is 5.91 Å². The van der Waals surface area contributed by atoms with Gasteiger partial charge in [-0.15, -0.1) is 0 Å². The fourth-order valence-electron chi connectivity index (χ4n) is 3.02. The van der Waals surface area contributed by atoms with Crippen LogP contribution in [-0.4, -0.2) is 22.4 Å². The molecule has 106 valence electrons. The molecule has 1 amide bonds. The summed E-state index contributed by atoms with van der Waals surface area (Å²) in [6.07, 6.45) is 8.07. The molecule has 0 spiro atoms. The Morgan fingerprint density at radius 1 is 1.35 bits per heavy atom. The molecule has 0 aliphatic heterocycles. The molecule has 1 saturated carbocycles. The van der Waals surface area contributed by atoms with Gasteiger partial charge in [0.15, 0.2) is 5.69 Å². The zero-order chi connectivity index (χ0) is 13.9. The number of rotatable bonds is 3. The Morgan fingerprint density at radius 3 is 2.90 bits per heavy atom. The molecule has 0 saturated heterocycles. The Bertz CT molecular complexity index is 615. The number of imidazole rings is 1. The third-order valence-corrected chi connectivity index (χ3v) is 3.96. The van der Waals surface area contributed by atoms with Crippen molar-refractivity contribution >= 4 is 11.4 Å². The molecule has 20 heavy (non-hydrogen) atoms. The van der Waals surface area contributed by atoms with Crippen LogP contribution in [0.1, 0.15) is 54.3 Å². The molecule has 1 aliphatic rings. The van der Waals surface area contributed by atoms with Crippen molar-refractivity contribution in [2.24, 2.45) is 0 Å². The van der Waals surface area contributed by atoms with Crippen molar-refractivity contribution in [3.8, 4) is 0 Å². The monoisotopic (exact) mass is 273 g/mol. The summed E-state index contributed by atoms with van der Waals surface area (Å²) in [5.74, 6) is 1.16. The number of nitrogens with one attached hydrogen (secondary N) is 1. The number of nitrogens with zero attached hydrogens (tertiary/aromatic N) is 2. The van der Waals surface area contributed by atoms with E-state index < -0.39 is 0 Å². The number of hydroxylamine groups is 1. The molecule has 1 fully saturated rings. The van der Waals surface area contributed by atoms with Gasteiger partial charge in [0.2, 0.25) is 0 Å². The molecule has 5 heteroatoms. The summed E-state index contributed by atoms with van der Waals surface area (Å²) in [5.41, 5.74) is 3.63. The van der Waals surface area contributed by atoms with Crippen LogP contribution in [0, 0.1) is 0 Å². The van der Waals surface area contributed by atoms with Crippen molar-refractivity contribution in [3.63, 3.8) is 0 Å². The smallest absolute Gasteiger partial charge is 0.295 e. The van der Waals surface area contributed by atoms with Gasteiger partial charge < -0.3 is 4.40 Å². The van der Waals surface area contributed by atoms with E-state index in [0.29, 0.717) is 11.6 Å². The van der Waals surface area contributed by atoms with Crippen molar-refractivity contribution in [3.05, 3.63) is 35.9 Å². The Kier molecular flexibility index (Phi) is 3.69. The van der Waals surface area contributed by atoms with E-state index in [2.05, 4.69) is 10.5 Å². The topological polar surface area (TPSA) is 55.6 Å². The third kappa shape index (κ3) is 2.29. The average Bonchev–Trinajstić information content (AvgIpc) is 2.88. The minimum atomic E-state index is -0.293. The lowest BCUT2D eigenvalue weighted by Crippen LogP contribution is -2.22. The highest BCUT2D eigenvalue weighted by Gasteiger charge is 2.24. The minimum absolute atomic E-state index is 0.293. The van der Waals surface area contributed by atoms with Gasteiger partial charge in [-0.05, 0) is 25.0 Å². The lowest BCUT2D eigenvalue weighted by Gasteiger charge is -2.20. The standard InChI is InChI=1S/C15H19N3O2/c1-20-17-15(19)13-12-9-5-6-10-18(12)14(16-13)11-7-3-2-4-8-11/h5-6,9-11H,2-4,7-8H2,1H3,(H,17,19). The number of hydrogen-bond acceptors (Lipinski definition) is 3. The van der Waals surface area contributed by atoms with Gasteiger partial charge in [0.1, 0.15) is 5.82 Å². The van der Waals surface area contributed by atoms with Crippen molar-refractivity contribution in [1.82, 2.24) is 14.9 Å². The molecule has 1 aliphatic carbocycles.